The Morgan fingerprint density at radius 2 is 1.66 bits per heavy atom. The smallest absolute Gasteiger partial charge is 0.236 e. The summed E-state index contributed by atoms with van der Waals surface area (Å²) >= 11 is 0. The average Bonchev–Trinajstić information content (AvgIpc) is 2.75. The number of nitrogens with one attached hydrogen (secondary N) is 1. The molecule has 6 heteroatoms. The maximum Gasteiger partial charge on any atom is 0.236 e. The van der Waals surface area contributed by atoms with E-state index in [1.54, 1.807) is 6.08 Å². The van der Waals surface area contributed by atoms with Crippen molar-refractivity contribution in [2.75, 3.05) is 19.6 Å². The summed E-state index contributed by atoms with van der Waals surface area (Å²) in [7, 11) is -3.44. The van der Waals surface area contributed by atoms with E-state index in [2.05, 4.69) is 12.2 Å². The molecule has 1 amide bonds. The molecule has 0 aliphatic carbocycles. The van der Waals surface area contributed by atoms with Gasteiger partial charge in [-0.2, -0.15) is 4.31 Å². The fourth-order valence-electron chi connectivity index (χ4n) is 3.63. The predicted octanol–water partition coefficient (Wildman–Crippen LogP) is 4.57. The molecule has 5 nitrogen and oxygen atoms in total. The van der Waals surface area contributed by atoms with Gasteiger partial charge in [0.15, 0.2) is 0 Å². The van der Waals surface area contributed by atoms with Crippen LogP contribution >= 0.6 is 0 Å². The highest BCUT2D eigenvalue weighted by Crippen LogP contribution is 2.21. The second kappa shape index (κ2) is 12.8. The lowest BCUT2D eigenvalue weighted by Gasteiger charge is -2.29. The van der Waals surface area contributed by atoms with Gasteiger partial charge in [-0.15, -0.1) is 0 Å². The molecular formula is C23H36N2O3S. The van der Waals surface area contributed by atoms with Crippen LogP contribution in [-0.4, -0.2) is 38.3 Å². The minimum absolute atomic E-state index is 0.0767. The number of nitrogens with zero attached hydrogens (tertiary/aromatic N) is 1. The van der Waals surface area contributed by atoms with Crippen LogP contribution in [0.4, 0.5) is 0 Å². The van der Waals surface area contributed by atoms with Gasteiger partial charge in [-0.3, -0.25) is 4.79 Å². The molecule has 1 aliphatic rings. The number of unbranched alkanes of at least 4 members (excludes halogenated alkanes) is 6. The van der Waals surface area contributed by atoms with Gasteiger partial charge < -0.3 is 5.32 Å². The summed E-state index contributed by atoms with van der Waals surface area (Å²) in [6.07, 6.45) is 11.4. The zero-order valence-corrected chi connectivity index (χ0v) is 18.5. The lowest BCUT2D eigenvalue weighted by Crippen LogP contribution is -2.42. The Hall–Kier alpha value is -1.66. The molecule has 0 aromatic heterocycles. The van der Waals surface area contributed by atoms with Crippen molar-refractivity contribution >= 4 is 22.0 Å². The first-order valence-electron chi connectivity index (χ1n) is 11.0. The normalized spacial score (nSPS) is 16.3. The van der Waals surface area contributed by atoms with E-state index in [-0.39, 0.29) is 11.8 Å². The molecule has 0 saturated carbocycles. The Balaban J connectivity index is 1.66. The fraction of sp³-hybridized carbons (Fsp3) is 0.609. The molecule has 1 aromatic carbocycles. The van der Waals surface area contributed by atoms with Gasteiger partial charge in [0, 0.05) is 31.0 Å². The van der Waals surface area contributed by atoms with Crippen LogP contribution in [0.25, 0.3) is 6.08 Å². The van der Waals surface area contributed by atoms with Crippen molar-refractivity contribution in [1.29, 1.82) is 0 Å². The summed E-state index contributed by atoms with van der Waals surface area (Å²) in [6.45, 7) is 3.75. The average molecular weight is 421 g/mol. The summed E-state index contributed by atoms with van der Waals surface area (Å²) in [6, 6.07) is 9.39. The fourth-order valence-corrected chi connectivity index (χ4v) is 4.85. The summed E-state index contributed by atoms with van der Waals surface area (Å²) in [5, 5.41) is 4.30. The van der Waals surface area contributed by atoms with Crippen LogP contribution in [0.5, 0.6) is 0 Å². The van der Waals surface area contributed by atoms with Gasteiger partial charge in [-0.25, -0.2) is 8.42 Å². The molecule has 0 bridgehead atoms. The number of amides is 1. The van der Waals surface area contributed by atoms with Crippen molar-refractivity contribution in [3.05, 3.63) is 41.3 Å². The van der Waals surface area contributed by atoms with Crippen LogP contribution in [-0.2, 0) is 14.8 Å². The summed E-state index contributed by atoms with van der Waals surface area (Å²) in [4.78, 5) is 12.3. The topological polar surface area (TPSA) is 66.5 Å². The highest BCUT2D eigenvalue weighted by atomic mass is 32.2. The van der Waals surface area contributed by atoms with Crippen LogP contribution in [0.1, 0.15) is 70.3 Å². The molecule has 0 spiro atoms. The highest BCUT2D eigenvalue weighted by molar-refractivity contribution is 7.92. The summed E-state index contributed by atoms with van der Waals surface area (Å²) in [5.41, 5.74) is 0.857. The highest BCUT2D eigenvalue weighted by Gasteiger charge is 2.29. The Bertz CT molecular complexity index is 724. The van der Waals surface area contributed by atoms with Crippen molar-refractivity contribution in [2.45, 2.75) is 64.7 Å². The molecule has 0 unspecified atom stereocenters. The second-order valence-electron chi connectivity index (χ2n) is 7.84. The Labute approximate surface area is 176 Å². The van der Waals surface area contributed by atoms with E-state index in [4.69, 9.17) is 0 Å². The number of hydrogen-bond donors (Lipinski definition) is 1. The zero-order valence-electron chi connectivity index (χ0n) is 17.7. The summed E-state index contributed by atoms with van der Waals surface area (Å²) in [5.74, 6) is -0.00281. The third-order valence-electron chi connectivity index (χ3n) is 5.50. The maximum atomic E-state index is 12.5. The lowest BCUT2D eigenvalue weighted by atomic mass is 9.97. The van der Waals surface area contributed by atoms with Gasteiger partial charge in [0.05, 0.1) is 0 Å². The first-order chi connectivity index (χ1) is 14.0. The minimum Gasteiger partial charge on any atom is -0.356 e. The van der Waals surface area contributed by atoms with Crippen molar-refractivity contribution in [3.8, 4) is 0 Å². The Morgan fingerprint density at radius 1 is 1.03 bits per heavy atom. The lowest BCUT2D eigenvalue weighted by molar-refractivity contribution is -0.126. The number of rotatable bonds is 12. The standard InChI is InChI=1S/C23H36N2O3S/c1-2-3-4-5-6-7-11-17-24-23(26)22-14-18-25(19-15-22)29(27,28)20-16-21-12-9-8-10-13-21/h8-10,12-13,16,20,22H,2-7,11,14-15,17-19H2,1H3,(H,24,26)/b20-16+. The number of benzene rings is 1. The van der Waals surface area contributed by atoms with Gasteiger partial charge >= 0.3 is 0 Å². The molecule has 1 N–H and O–H groups in total. The molecule has 1 saturated heterocycles. The zero-order chi connectivity index (χ0) is 21.0. The third-order valence-corrected chi connectivity index (χ3v) is 7.06. The van der Waals surface area contributed by atoms with Crippen molar-refractivity contribution in [1.82, 2.24) is 9.62 Å². The van der Waals surface area contributed by atoms with Gasteiger partial charge in [-0.05, 0) is 30.9 Å². The Kier molecular flexibility index (Phi) is 10.4. The molecule has 1 aromatic rings. The van der Waals surface area contributed by atoms with E-state index >= 15 is 0 Å². The number of carbonyl (C=O) groups is 1. The van der Waals surface area contributed by atoms with Crippen LogP contribution in [0.15, 0.2) is 35.7 Å². The number of hydrogen-bond acceptors (Lipinski definition) is 3. The largest absolute Gasteiger partial charge is 0.356 e. The second-order valence-corrected chi connectivity index (χ2v) is 9.66. The van der Waals surface area contributed by atoms with E-state index in [1.807, 2.05) is 30.3 Å². The SMILES string of the molecule is CCCCCCCCCNC(=O)C1CCN(S(=O)(=O)/C=C/c2ccccc2)CC1. The van der Waals surface area contributed by atoms with E-state index in [1.165, 1.54) is 41.8 Å². The molecule has 0 radical (unpaired) electrons. The van der Waals surface area contributed by atoms with Crippen molar-refractivity contribution in [2.24, 2.45) is 5.92 Å². The van der Waals surface area contributed by atoms with Gasteiger partial charge in [0.1, 0.15) is 0 Å². The van der Waals surface area contributed by atoms with Crippen LogP contribution < -0.4 is 5.32 Å². The Morgan fingerprint density at radius 3 is 2.31 bits per heavy atom. The van der Waals surface area contributed by atoms with E-state index in [0.29, 0.717) is 25.9 Å². The van der Waals surface area contributed by atoms with Gasteiger partial charge in [0.25, 0.3) is 0 Å². The first kappa shape index (κ1) is 23.6. The molecule has 29 heavy (non-hydrogen) atoms. The summed E-state index contributed by atoms with van der Waals surface area (Å²) < 4.78 is 26.5. The molecular weight excluding hydrogens is 384 g/mol. The van der Waals surface area contributed by atoms with Gasteiger partial charge in [-0.1, -0.05) is 75.8 Å². The van der Waals surface area contributed by atoms with E-state index < -0.39 is 10.0 Å². The number of carbonyl (C=O) groups excluding carboxylic acids is 1. The van der Waals surface area contributed by atoms with E-state index in [0.717, 1.165) is 24.9 Å². The maximum absolute atomic E-state index is 12.5. The molecule has 0 atom stereocenters. The van der Waals surface area contributed by atoms with Crippen LogP contribution in [0, 0.1) is 5.92 Å². The predicted molar refractivity (Wildman–Crippen MR) is 120 cm³/mol. The number of sulfonamides is 1. The quantitative estimate of drug-likeness (QED) is 0.504. The molecule has 1 heterocycles. The third kappa shape index (κ3) is 8.70. The van der Waals surface area contributed by atoms with Crippen molar-refractivity contribution in [3.63, 3.8) is 0 Å². The molecule has 162 valence electrons. The first-order valence-corrected chi connectivity index (χ1v) is 12.5. The minimum atomic E-state index is -3.44. The molecule has 1 fully saturated rings. The van der Waals surface area contributed by atoms with E-state index in [9.17, 15) is 13.2 Å². The molecule has 2 rings (SSSR count). The number of piperidine rings is 1. The van der Waals surface area contributed by atoms with Crippen molar-refractivity contribution < 1.29 is 13.2 Å². The monoisotopic (exact) mass is 420 g/mol. The van der Waals surface area contributed by atoms with Crippen LogP contribution in [0.3, 0.4) is 0 Å². The molecule has 1 aliphatic heterocycles. The van der Waals surface area contributed by atoms with Crippen LogP contribution in [0.2, 0.25) is 0 Å². The van der Waals surface area contributed by atoms with Gasteiger partial charge in [0.2, 0.25) is 15.9 Å².